The number of fused-ring (bicyclic) bond motifs is 1. The predicted octanol–water partition coefficient (Wildman–Crippen LogP) is 3.31. The van der Waals surface area contributed by atoms with Crippen LogP contribution in [-0.4, -0.2) is 12.6 Å². The van der Waals surface area contributed by atoms with Gasteiger partial charge in [-0.1, -0.05) is 24.4 Å². The third-order valence-electron chi connectivity index (χ3n) is 3.76. The zero-order valence-corrected chi connectivity index (χ0v) is 10.7. The molecule has 3 heteroatoms. The highest BCUT2D eigenvalue weighted by Gasteiger charge is 2.19. The first kappa shape index (κ1) is 11.4. The van der Waals surface area contributed by atoms with Crippen LogP contribution in [0.15, 0.2) is 12.1 Å². The van der Waals surface area contributed by atoms with Crippen LogP contribution in [-0.2, 0) is 13.0 Å². The highest BCUT2D eigenvalue weighted by atomic mass is 35.5. The Labute approximate surface area is 107 Å². The maximum absolute atomic E-state index is 6.14. The SMILES string of the molecule is Clc1cc2c(c(CNC3CCCC3)c1)OCC2. The molecule has 1 aliphatic carbocycles. The second kappa shape index (κ2) is 4.87. The Kier molecular flexibility index (Phi) is 3.26. The summed E-state index contributed by atoms with van der Waals surface area (Å²) in [5, 5.41) is 4.45. The molecule has 0 spiro atoms. The molecule has 1 heterocycles. The van der Waals surface area contributed by atoms with E-state index in [1.54, 1.807) is 0 Å². The first-order chi connectivity index (χ1) is 8.33. The van der Waals surface area contributed by atoms with Gasteiger partial charge in [-0.05, 0) is 30.5 Å². The molecule has 1 fully saturated rings. The number of halogens is 1. The molecule has 2 aliphatic rings. The van der Waals surface area contributed by atoms with Gasteiger partial charge in [0, 0.05) is 29.6 Å². The Hall–Kier alpha value is -0.730. The van der Waals surface area contributed by atoms with Gasteiger partial charge in [-0.25, -0.2) is 0 Å². The number of hydrogen-bond acceptors (Lipinski definition) is 2. The highest BCUT2D eigenvalue weighted by molar-refractivity contribution is 6.30. The summed E-state index contributed by atoms with van der Waals surface area (Å²) >= 11 is 6.14. The Morgan fingerprint density at radius 2 is 2.12 bits per heavy atom. The molecule has 1 saturated carbocycles. The molecule has 92 valence electrons. The Bertz CT molecular complexity index is 413. The number of nitrogens with one attached hydrogen (secondary N) is 1. The third-order valence-corrected chi connectivity index (χ3v) is 3.98. The van der Waals surface area contributed by atoms with E-state index in [0.29, 0.717) is 6.04 Å². The molecular weight excluding hydrogens is 234 g/mol. The minimum Gasteiger partial charge on any atom is -0.493 e. The van der Waals surface area contributed by atoms with Gasteiger partial charge in [0.25, 0.3) is 0 Å². The lowest BCUT2D eigenvalue weighted by molar-refractivity contribution is 0.351. The van der Waals surface area contributed by atoms with Crippen molar-refractivity contribution in [1.29, 1.82) is 0 Å². The summed E-state index contributed by atoms with van der Waals surface area (Å²) in [5.74, 6) is 1.07. The average molecular weight is 252 g/mol. The topological polar surface area (TPSA) is 21.3 Å². The maximum atomic E-state index is 6.14. The first-order valence-corrected chi connectivity index (χ1v) is 6.88. The molecule has 0 aromatic heterocycles. The molecule has 1 aliphatic heterocycles. The zero-order chi connectivity index (χ0) is 11.7. The van der Waals surface area contributed by atoms with E-state index >= 15 is 0 Å². The van der Waals surface area contributed by atoms with Crippen LogP contribution >= 0.6 is 11.6 Å². The molecule has 1 aromatic rings. The van der Waals surface area contributed by atoms with Crippen molar-refractivity contribution in [2.45, 2.75) is 44.7 Å². The molecule has 0 radical (unpaired) electrons. The molecule has 3 rings (SSSR count). The van der Waals surface area contributed by atoms with E-state index in [2.05, 4.69) is 5.32 Å². The Morgan fingerprint density at radius 3 is 2.94 bits per heavy atom. The van der Waals surface area contributed by atoms with Crippen LogP contribution in [0.5, 0.6) is 5.75 Å². The van der Waals surface area contributed by atoms with Crippen molar-refractivity contribution in [2.24, 2.45) is 0 Å². The van der Waals surface area contributed by atoms with Crippen molar-refractivity contribution in [3.8, 4) is 5.75 Å². The van der Waals surface area contributed by atoms with E-state index in [1.165, 1.54) is 36.8 Å². The van der Waals surface area contributed by atoms with Crippen molar-refractivity contribution in [1.82, 2.24) is 5.32 Å². The number of hydrogen-bond donors (Lipinski definition) is 1. The molecule has 0 saturated heterocycles. The van der Waals surface area contributed by atoms with Gasteiger partial charge < -0.3 is 10.1 Å². The molecule has 17 heavy (non-hydrogen) atoms. The number of rotatable bonds is 3. The van der Waals surface area contributed by atoms with Crippen LogP contribution in [0.4, 0.5) is 0 Å². The van der Waals surface area contributed by atoms with E-state index < -0.39 is 0 Å². The molecular formula is C14H18ClNO. The van der Waals surface area contributed by atoms with Crippen molar-refractivity contribution < 1.29 is 4.74 Å². The summed E-state index contributed by atoms with van der Waals surface area (Å²) in [7, 11) is 0. The van der Waals surface area contributed by atoms with E-state index in [1.807, 2.05) is 12.1 Å². The Morgan fingerprint density at radius 1 is 1.29 bits per heavy atom. The van der Waals surface area contributed by atoms with Gasteiger partial charge in [-0.3, -0.25) is 0 Å². The summed E-state index contributed by atoms with van der Waals surface area (Å²) in [6, 6.07) is 4.75. The Balaban J connectivity index is 1.73. The van der Waals surface area contributed by atoms with E-state index in [4.69, 9.17) is 16.3 Å². The highest BCUT2D eigenvalue weighted by Crippen LogP contribution is 2.33. The number of benzene rings is 1. The van der Waals surface area contributed by atoms with Crippen molar-refractivity contribution >= 4 is 11.6 Å². The second-order valence-electron chi connectivity index (χ2n) is 5.01. The van der Waals surface area contributed by atoms with Crippen molar-refractivity contribution in [3.05, 3.63) is 28.3 Å². The second-order valence-corrected chi connectivity index (χ2v) is 5.45. The fourth-order valence-electron chi connectivity index (χ4n) is 2.86. The third kappa shape index (κ3) is 2.43. The average Bonchev–Trinajstić information content (AvgIpc) is 2.95. The lowest BCUT2D eigenvalue weighted by Crippen LogP contribution is -2.25. The van der Waals surface area contributed by atoms with Crippen LogP contribution in [0.2, 0.25) is 5.02 Å². The normalized spacial score (nSPS) is 19.4. The van der Waals surface area contributed by atoms with Gasteiger partial charge in [0.1, 0.15) is 5.75 Å². The van der Waals surface area contributed by atoms with Crippen LogP contribution in [0.1, 0.15) is 36.8 Å². The van der Waals surface area contributed by atoms with E-state index in [0.717, 1.165) is 30.3 Å². The summed E-state index contributed by atoms with van der Waals surface area (Å²) in [5.41, 5.74) is 2.48. The molecule has 0 bridgehead atoms. The maximum Gasteiger partial charge on any atom is 0.127 e. The molecule has 1 N–H and O–H groups in total. The van der Waals surface area contributed by atoms with Gasteiger partial charge in [-0.2, -0.15) is 0 Å². The van der Waals surface area contributed by atoms with Crippen LogP contribution in [0, 0.1) is 0 Å². The van der Waals surface area contributed by atoms with Gasteiger partial charge >= 0.3 is 0 Å². The van der Waals surface area contributed by atoms with Gasteiger partial charge in [0.2, 0.25) is 0 Å². The minimum atomic E-state index is 0.686. The molecule has 0 atom stereocenters. The van der Waals surface area contributed by atoms with Crippen molar-refractivity contribution in [3.63, 3.8) is 0 Å². The quantitative estimate of drug-likeness (QED) is 0.890. The largest absolute Gasteiger partial charge is 0.493 e. The summed E-state index contributed by atoms with van der Waals surface area (Å²) in [6.07, 6.45) is 6.34. The number of ether oxygens (including phenoxy) is 1. The smallest absolute Gasteiger partial charge is 0.127 e. The van der Waals surface area contributed by atoms with Crippen molar-refractivity contribution in [2.75, 3.05) is 6.61 Å². The van der Waals surface area contributed by atoms with E-state index in [-0.39, 0.29) is 0 Å². The summed E-state index contributed by atoms with van der Waals surface area (Å²) < 4.78 is 5.70. The summed E-state index contributed by atoms with van der Waals surface area (Å²) in [6.45, 7) is 1.68. The zero-order valence-electron chi connectivity index (χ0n) is 9.97. The van der Waals surface area contributed by atoms with E-state index in [9.17, 15) is 0 Å². The lowest BCUT2D eigenvalue weighted by Gasteiger charge is -2.14. The minimum absolute atomic E-state index is 0.686. The molecule has 0 unspecified atom stereocenters. The fraction of sp³-hybridized carbons (Fsp3) is 0.571. The van der Waals surface area contributed by atoms with Gasteiger partial charge in [-0.15, -0.1) is 0 Å². The summed E-state index contributed by atoms with van der Waals surface area (Å²) in [4.78, 5) is 0. The fourth-order valence-corrected chi connectivity index (χ4v) is 3.12. The molecule has 0 amide bonds. The lowest BCUT2D eigenvalue weighted by atomic mass is 10.1. The van der Waals surface area contributed by atoms with Gasteiger partial charge in [0.05, 0.1) is 6.61 Å². The molecule has 1 aromatic carbocycles. The monoisotopic (exact) mass is 251 g/mol. The standard InChI is InChI=1S/C14H18ClNO/c15-12-7-10-5-6-17-14(10)11(8-12)9-16-13-3-1-2-4-13/h7-8,13,16H,1-6,9H2. The predicted molar refractivity (Wildman–Crippen MR) is 69.7 cm³/mol. The van der Waals surface area contributed by atoms with Crippen LogP contribution in [0.3, 0.4) is 0 Å². The first-order valence-electron chi connectivity index (χ1n) is 6.50. The van der Waals surface area contributed by atoms with Gasteiger partial charge in [0.15, 0.2) is 0 Å². The van der Waals surface area contributed by atoms with Crippen LogP contribution < -0.4 is 10.1 Å². The van der Waals surface area contributed by atoms with Crippen LogP contribution in [0.25, 0.3) is 0 Å². The molecule has 2 nitrogen and oxygen atoms in total.